The van der Waals surface area contributed by atoms with Crippen molar-refractivity contribution in [1.29, 1.82) is 0 Å². The fourth-order valence-corrected chi connectivity index (χ4v) is 2.83. The second-order valence-electron chi connectivity index (χ2n) is 7.74. The number of hydrogen-bond acceptors (Lipinski definition) is 6. The monoisotopic (exact) mass is 412 g/mol. The van der Waals surface area contributed by atoms with Gasteiger partial charge < -0.3 is 15.2 Å². The van der Waals surface area contributed by atoms with Gasteiger partial charge in [-0.3, -0.25) is 4.79 Å². The van der Waals surface area contributed by atoms with Gasteiger partial charge in [-0.15, -0.1) is 0 Å². The smallest absolute Gasteiger partial charge is 0.418 e. The van der Waals surface area contributed by atoms with E-state index in [9.17, 15) is 14.4 Å². The van der Waals surface area contributed by atoms with E-state index in [1.54, 1.807) is 39.8 Å². The molecule has 7 nitrogen and oxygen atoms in total. The molecule has 0 heterocycles. The summed E-state index contributed by atoms with van der Waals surface area (Å²) in [5.74, 6) is -1.38. The highest BCUT2D eigenvalue weighted by molar-refractivity contribution is 6.06. The third-order valence-electron chi connectivity index (χ3n) is 4.08. The number of carbonyl (C=O) groups is 3. The van der Waals surface area contributed by atoms with E-state index in [4.69, 9.17) is 15.2 Å². The number of carbonyl (C=O) groups excluding carboxylic acids is 3. The number of imide groups is 1. The molecular formula is C23H28N2O5. The van der Waals surface area contributed by atoms with E-state index in [2.05, 4.69) is 0 Å². The standard InChI is InChI=1S/C23H28N2O5/c1-5-29-21(27)19(14-16-10-7-6-8-11-16)25(22(28)30-23(2,3)4)20(26)17-12-9-13-18(24)15-17/h6-13,15,19H,5,14,24H2,1-4H3/t19-/m0/s1. The highest BCUT2D eigenvalue weighted by Gasteiger charge is 2.39. The van der Waals surface area contributed by atoms with Crippen LogP contribution >= 0.6 is 0 Å². The predicted octanol–water partition coefficient (Wildman–Crippen LogP) is 3.82. The van der Waals surface area contributed by atoms with Crippen molar-refractivity contribution < 1.29 is 23.9 Å². The lowest BCUT2D eigenvalue weighted by Gasteiger charge is -2.31. The van der Waals surface area contributed by atoms with E-state index in [1.165, 1.54) is 12.1 Å². The molecule has 0 spiro atoms. The largest absolute Gasteiger partial charge is 0.464 e. The molecule has 0 fully saturated rings. The summed E-state index contributed by atoms with van der Waals surface area (Å²) in [5, 5.41) is 0. The van der Waals surface area contributed by atoms with Gasteiger partial charge in [0, 0.05) is 17.7 Å². The van der Waals surface area contributed by atoms with Gasteiger partial charge in [-0.25, -0.2) is 14.5 Å². The zero-order valence-corrected chi connectivity index (χ0v) is 17.8. The van der Waals surface area contributed by atoms with Crippen molar-refractivity contribution >= 4 is 23.7 Å². The van der Waals surface area contributed by atoms with Gasteiger partial charge in [0.2, 0.25) is 0 Å². The Labute approximate surface area is 176 Å². The minimum absolute atomic E-state index is 0.0902. The number of hydrogen-bond donors (Lipinski definition) is 1. The van der Waals surface area contributed by atoms with E-state index in [1.807, 2.05) is 30.3 Å². The highest BCUT2D eigenvalue weighted by Crippen LogP contribution is 2.20. The van der Waals surface area contributed by atoms with Crippen LogP contribution in [0.25, 0.3) is 0 Å². The molecule has 0 saturated heterocycles. The lowest BCUT2D eigenvalue weighted by atomic mass is 10.0. The molecular weight excluding hydrogens is 384 g/mol. The van der Waals surface area contributed by atoms with Gasteiger partial charge in [0.15, 0.2) is 0 Å². The number of nitrogen functional groups attached to an aromatic ring is 1. The molecule has 0 aliphatic heterocycles. The first-order valence-electron chi connectivity index (χ1n) is 9.75. The summed E-state index contributed by atoms with van der Waals surface area (Å²) in [6.45, 7) is 6.83. The van der Waals surface area contributed by atoms with Crippen LogP contribution in [-0.4, -0.2) is 41.1 Å². The Morgan fingerprint density at radius 1 is 1.03 bits per heavy atom. The first-order chi connectivity index (χ1) is 14.1. The highest BCUT2D eigenvalue weighted by atomic mass is 16.6. The molecule has 2 aromatic carbocycles. The molecule has 2 amide bonds. The van der Waals surface area contributed by atoms with Crippen molar-refractivity contribution in [3.05, 3.63) is 65.7 Å². The summed E-state index contributed by atoms with van der Waals surface area (Å²) >= 11 is 0. The number of amides is 2. The molecule has 0 saturated carbocycles. The fraction of sp³-hybridized carbons (Fsp3) is 0.348. The summed E-state index contributed by atoms with van der Waals surface area (Å²) in [5.41, 5.74) is 6.24. The Hall–Kier alpha value is -3.35. The van der Waals surface area contributed by atoms with Crippen molar-refractivity contribution in [3.63, 3.8) is 0 Å². The van der Waals surface area contributed by atoms with Crippen LogP contribution in [0.3, 0.4) is 0 Å². The average Bonchev–Trinajstić information content (AvgIpc) is 2.67. The fourth-order valence-electron chi connectivity index (χ4n) is 2.83. The summed E-state index contributed by atoms with van der Waals surface area (Å²) in [4.78, 5) is 40.0. The summed E-state index contributed by atoms with van der Waals surface area (Å²) in [6.07, 6.45) is -0.837. The Kier molecular flexibility index (Phi) is 7.58. The maximum atomic E-state index is 13.3. The number of ether oxygens (including phenoxy) is 2. The van der Waals surface area contributed by atoms with Gasteiger partial charge >= 0.3 is 12.1 Å². The minimum Gasteiger partial charge on any atom is -0.464 e. The Bertz CT molecular complexity index is 890. The van der Waals surface area contributed by atoms with E-state index in [0.717, 1.165) is 10.5 Å². The number of anilines is 1. The molecule has 2 rings (SSSR count). The van der Waals surface area contributed by atoms with Crippen LogP contribution in [0.4, 0.5) is 10.5 Å². The second-order valence-corrected chi connectivity index (χ2v) is 7.74. The third kappa shape index (κ3) is 6.34. The summed E-state index contributed by atoms with van der Waals surface area (Å²) in [6, 6.07) is 14.1. The molecule has 0 bridgehead atoms. The Morgan fingerprint density at radius 2 is 1.70 bits per heavy atom. The van der Waals surface area contributed by atoms with Crippen molar-refractivity contribution in [2.24, 2.45) is 0 Å². The summed E-state index contributed by atoms with van der Waals surface area (Å²) < 4.78 is 10.6. The third-order valence-corrected chi connectivity index (χ3v) is 4.08. The molecule has 0 aromatic heterocycles. The number of esters is 1. The predicted molar refractivity (Wildman–Crippen MR) is 114 cm³/mol. The molecule has 0 radical (unpaired) electrons. The van der Waals surface area contributed by atoms with E-state index < -0.39 is 29.6 Å². The van der Waals surface area contributed by atoms with Gasteiger partial charge in [0.05, 0.1) is 6.61 Å². The van der Waals surface area contributed by atoms with Gasteiger partial charge in [0.1, 0.15) is 11.6 Å². The molecule has 160 valence electrons. The Morgan fingerprint density at radius 3 is 2.27 bits per heavy atom. The lowest BCUT2D eigenvalue weighted by Crippen LogP contribution is -2.52. The number of benzene rings is 2. The van der Waals surface area contributed by atoms with E-state index in [-0.39, 0.29) is 18.6 Å². The van der Waals surface area contributed by atoms with E-state index >= 15 is 0 Å². The van der Waals surface area contributed by atoms with Crippen LogP contribution in [0, 0.1) is 0 Å². The zero-order chi connectivity index (χ0) is 22.3. The SMILES string of the molecule is CCOC(=O)[C@H](Cc1ccccc1)N(C(=O)OC(C)(C)C)C(=O)c1cccc(N)c1. The molecule has 0 aliphatic carbocycles. The molecule has 0 unspecified atom stereocenters. The second kappa shape index (κ2) is 9.91. The van der Waals surface area contributed by atoms with Crippen molar-refractivity contribution in [2.75, 3.05) is 12.3 Å². The average molecular weight is 412 g/mol. The number of nitrogens with two attached hydrogens (primary N) is 1. The first-order valence-corrected chi connectivity index (χ1v) is 9.75. The molecule has 0 aliphatic rings. The van der Waals surface area contributed by atoms with Crippen LogP contribution in [0.15, 0.2) is 54.6 Å². The van der Waals surface area contributed by atoms with Crippen molar-refractivity contribution in [3.8, 4) is 0 Å². The molecule has 2 N–H and O–H groups in total. The molecule has 1 atom stereocenters. The lowest BCUT2D eigenvalue weighted by molar-refractivity contribution is -0.148. The normalized spacial score (nSPS) is 12.0. The van der Waals surface area contributed by atoms with Crippen LogP contribution in [0.1, 0.15) is 43.6 Å². The van der Waals surface area contributed by atoms with Gasteiger partial charge in [-0.05, 0) is 51.5 Å². The van der Waals surface area contributed by atoms with Crippen LogP contribution < -0.4 is 5.73 Å². The summed E-state index contributed by atoms with van der Waals surface area (Å²) in [7, 11) is 0. The van der Waals surface area contributed by atoms with Crippen molar-refractivity contribution in [2.45, 2.75) is 45.8 Å². The maximum Gasteiger partial charge on any atom is 0.418 e. The molecule has 7 heteroatoms. The maximum absolute atomic E-state index is 13.3. The van der Waals surface area contributed by atoms with Crippen molar-refractivity contribution in [1.82, 2.24) is 4.90 Å². The Balaban J connectivity index is 2.51. The van der Waals surface area contributed by atoms with Gasteiger partial charge in [-0.2, -0.15) is 0 Å². The van der Waals surface area contributed by atoms with E-state index in [0.29, 0.717) is 5.69 Å². The minimum atomic E-state index is -1.20. The number of nitrogens with zero attached hydrogens (tertiary/aromatic N) is 1. The van der Waals surface area contributed by atoms with Gasteiger partial charge in [-0.1, -0.05) is 36.4 Å². The van der Waals surface area contributed by atoms with Crippen LogP contribution in [0.5, 0.6) is 0 Å². The van der Waals surface area contributed by atoms with Crippen LogP contribution in [0.2, 0.25) is 0 Å². The molecule has 2 aromatic rings. The van der Waals surface area contributed by atoms with Gasteiger partial charge in [0.25, 0.3) is 5.91 Å². The number of rotatable bonds is 6. The van der Waals surface area contributed by atoms with Crippen LogP contribution in [-0.2, 0) is 20.7 Å². The first kappa shape index (κ1) is 22.9. The molecule has 30 heavy (non-hydrogen) atoms. The quantitative estimate of drug-likeness (QED) is 0.572. The zero-order valence-electron chi connectivity index (χ0n) is 17.8. The topological polar surface area (TPSA) is 98.9 Å².